The van der Waals surface area contributed by atoms with Gasteiger partial charge in [0.25, 0.3) is 0 Å². The summed E-state index contributed by atoms with van der Waals surface area (Å²) in [5.41, 5.74) is 0.439. The summed E-state index contributed by atoms with van der Waals surface area (Å²) in [7, 11) is 0.925. The molecule has 5 heteroatoms. The van der Waals surface area contributed by atoms with E-state index in [1.807, 2.05) is 6.92 Å². The summed E-state index contributed by atoms with van der Waals surface area (Å²) >= 11 is 0. The SMILES string of the molecule is CCOCC(C)(C)CO[Si](OC)(OC)C1CCCCC1. The average molecular weight is 305 g/mol. The van der Waals surface area contributed by atoms with Crippen molar-refractivity contribution < 1.29 is 18.0 Å². The van der Waals surface area contributed by atoms with Gasteiger partial charge in [-0.05, 0) is 19.8 Å². The molecular formula is C15H32O4Si. The summed E-state index contributed by atoms with van der Waals surface area (Å²) in [5, 5.41) is 0. The number of ether oxygens (including phenoxy) is 1. The van der Waals surface area contributed by atoms with Crippen molar-refractivity contribution in [1.82, 2.24) is 0 Å². The third-order valence-corrected chi connectivity index (χ3v) is 7.30. The molecule has 0 radical (unpaired) electrons. The molecule has 0 aromatic rings. The van der Waals surface area contributed by atoms with Crippen LogP contribution in [0, 0.1) is 5.41 Å². The molecule has 0 unspecified atom stereocenters. The Kier molecular flexibility index (Phi) is 7.68. The largest absolute Gasteiger partial charge is 0.503 e. The zero-order chi connectivity index (χ0) is 15.1. The van der Waals surface area contributed by atoms with Gasteiger partial charge in [0.15, 0.2) is 0 Å². The highest BCUT2D eigenvalue weighted by atomic mass is 28.4. The van der Waals surface area contributed by atoms with Crippen LogP contribution in [0.15, 0.2) is 0 Å². The van der Waals surface area contributed by atoms with E-state index < -0.39 is 8.80 Å². The summed E-state index contributed by atoms with van der Waals surface area (Å²) in [6.45, 7) is 8.40. The van der Waals surface area contributed by atoms with E-state index in [1.54, 1.807) is 14.2 Å². The standard InChI is InChI=1S/C15H32O4Si/c1-6-18-12-15(2,3)13-19-20(16-4,17-5)14-10-8-7-9-11-14/h14H,6-13H2,1-5H3. The van der Waals surface area contributed by atoms with Crippen LogP contribution in [0.4, 0.5) is 0 Å². The first-order valence-corrected chi connectivity index (χ1v) is 9.62. The first kappa shape index (κ1) is 18.1. The topological polar surface area (TPSA) is 36.9 Å². The van der Waals surface area contributed by atoms with E-state index >= 15 is 0 Å². The maximum Gasteiger partial charge on any atom is 0.503 e. The van der Waals surface area contributed by atoms with E-state index in [-0.39, 0.29) is 5.41 Å². The van der Waals surface area contributed by atoms with E-state index in [2.05, 4.69) is 13.8 Å². The van der Waals surface area contributed by atoms with Crippen molar-refractivity contribution in [2.24, 2.45) is 5.41 Å². The van der Waals surface area contributed by atoms with Crippen molar-refractivity contribution >= 4 is 8.80 Å². The van der Waals surface area contributed by atoms with Gasteiger partial charge in [-0.3, -0.25) is 0 Å². The predicted octanol–water partition coefficient (Wildman–Crippen LogP) is 3.63. The Morgan fingerprint density at radius 3 is 2.10 bits per heavy atom. The van der Waals surface area contributed by atoms with E-state index in [0.717, 1.165) is 6.61 Å². The molecular weight excluding hydrogens is 272 g/mol. The van der Waals surface area contributed by atoms with Crippen LogP contribution in [0.1, 0.15) is 52.9 Å². The molecule has 20 heavy (non-hydrogen) atoms. The molecule has 1 aliphatic carbocycles. The first-order valence-electron chi connectivity index (χ1n) is 7.81. The van der Waals surface area contributed by atoms with Crippen LogP contribution >= 0.6 is 0 Å². The fourth-order valence-corrected chi connectivity index (χ4v) is 5.84. The Morgan fingerprint density at radius 1 is 1.00 bits per heavy atom. The Bertz CT molecular complexity index is 261. The molecule has 1 fully saturated rings. The van der Waals surface area contributed by atoms with Crippen LogP contribution in [0.2, 0.25) is 5.54 Å². The molecule has 0 N–H and O–H groups in total. The predicted molar refractivity (Wildman–Crippen MR) is 82.8 cm³/mol. The van der Waals surface area contributed by atoms with Crippen molar-refractivity contribution in [3.63, 3.8) is 0 Å². The van der Waals surface area contributed by atoms with Crippen molar-refractivity contribution in [2.45, 2.75) is 58.4 Å². The van der Waals surface area contributed by atoms with Crippen LogP contribution in [-0.2, 0) is 18.0 Å². The highest BCUT2D eigenvalue weighted by Gasteiger charge is 2.48. The van der Waals surface area contributed by atoms with Crippen molar-refractivity contribution in [2.75, 3.05) is 34.0 Å². The van der Waals surface area contributed by atoms with Gasteiger partial charge in [-0.15, -0.1) is 0 Å². The summed E-state index contributed by atoms with van der Waals surface area (Å²) in [4.78, 5) is 0. The number of rotatable bonds is 9. The lowest BCUT2D eigenvalue weighted by Gasteiger charge is -2.38. The van der Waals surface area contributed by atoms with Gasteiger partial charge in [-0.25, -0.2) is 0 Å². The van der Waals surface area contributed by atoms with Crippen LogP contribution in [0.5, 0.6) is 0 Å². The second kappa shape index (κ2) is 8.49. The maximum absolute atomic E-state index is 6.24. The monoisotopic (exact) mass is 304 g/mol. The molecule has 0 spiro atoms. The van der Waals surface area contributed by atoms with Gasteiger partial charge in [0.1, 0.15) is 0 Å². The number of hydrogen-bond donors (Lipinski definition) is 0. The van der Waals surface area contributed by atoms with Gasteiger partial charge in [0, 0.05) is 38.4 Å². The normalized spacial score (nSPS) is 18.4. The molecule has 4 nitrogen and oxygen atoms in total. The van der Waals surface area contributed by atoms with Crippen LogP contribution in [-0.4, -0.2) is 42.8 Å². The van der Waals surface area contributed by atoms with Crippen LogP contribution in [0.3, 0.4) is 0 Å². The lowest BCUT2D eigenvalue weighted by Crippen LogP contribution is -2.51. The zero-order valence-electron chi connectivity index (χ0n) is 13.9. The summed E-state index contributed by atoms with van der Waals surface area (Å²) < 4.78 is 23.3. The molecule has 0 aromatic carbocycles. The Morgan fingerprint density at radius 2 is 1.60 bits per heavy atom. The summed E-state index contributed by atoms with van der Waals surface area (Å²) in [6.07, 6.45) is 6.18. The highest BCUT2D eigenvalue weighted by Crippen LogP contribution is 2.39. The first-order chi connectivity index (χ1) is 9.49. The fourth-order valence-electron chi connectivity index (χ4n) is 2.82. The average Bonchev–Trinajstić information content (AvgIpc) is 2.48. The third kappa shape index (κ3) is 5.11. The van der Waals surface area contributed by atoms with Crippen LogP contribution in [0.25, 0.3) is 0 Å². The minimum Gasteiger partial charge on any atom is -0.381 e. The van der Waals surface area contributed by atoms with E-state index in [0.29, 0.717) is 18.8 Å². The summed E-state index contributed by atoms with van der Waals surface area (Å²) in [6, 6.07) is 0. The van der Waals surface area contributed by atoms with Gasteiger partial charge in [-0.2, -0.15) is 0 Å². The molecule has 0 aromatic heterocycles. The minimum atomic E-state index is -2.55. The second-order valence-corrected chi connectivity index (χ2v) is 9.57. The van der Waals surface area contributed by atoms with E-state index in [4.69, 9.17) is 18.0 Å². The Hall–Kier alpha value is 0.0569. The van der Waals surface area contributed by atoms with E-state index in [9.17, 15) is 0 Å². The summed E-state index contributed by atoms with van der Waals surface area (Å²) in [5.74, 6) is 0. The molecule has 1 saturated carbocycles. The second-order valence-electron chi connectivity index (χ2n) is 6.44. The molecule has 120 valence electrons. The number of hydrogen-bond acceptors (Lipinski definition) is 4. The third-order valence-electron chi connectivity index (χ3n) is 4.04. The fraction of sp³-hybridized carbons (Fsp3) is 1.00. The van der Waals surface area contributed by atoms with Gasteiger partial charge in [-0.1, -0.05) is 33.1 Å². The molecule has 0 amide bonds. The molecule has 1 aliphatic rings. The Balaban J connectivity index is 2.61. The smallest absolute Gasteiger partial charge is 0.381 e. The maximum atomic E-state index is 6.24. The highest BCUT2D eigenvalue weighted by molar-refractivity contribution is 6.62. The van der Waals surface area contributed by atoms with Crippen molar-refractivity contribution in [3.05, 3.63) is 0 Å². The van der Waals surface area contributed by atoms with Crippen molar-refractivity contribution in [1.29, 1.82) is 0 Å². The lowest BCUT2D eigenvalue weighted by molar-refractivity contribution is 0.00436. The van der Waals surface area contributed by atoms with Crippen molar-refractivity contribution in [3.8, 4) is 0 Å². The Labute approximate surface area is 125 Å². The van der Waals surface area contributed by atoms with Gasteiger partial charge >= 0.3 is 8.80 Å². The van der Waals surface area contributed by atoms with Gasteiger partial charge < -0.3 is 18.0 Å². The van der Waals surface area contributed by atoms with Gasteiger partial charge in [0.2, 0.25) is 0 Å². The molecule has 0 bridgehead atoms. The lowest BCUT2D eigenvalue weighted by atomic mass is 9.97. The molecule has 0 atom stereocenters. The van der Waals surface area contributed by atoms with Gasteiger partial charge in [0.05, 0.1) is 6.61 Å². The van der Waals surface area contributed by atoms with Crippen LogP contribution < -0.4 is 0 Å². The quantitative estimate of drug-likeness (QED) is 0.610. The molecule has 0 saturated heterocycles. The molecule has 0 heterocycles. The zero-order valence-corrected chi connectivity index (χ0v) is 14.9. The minimum absolute atomic E-state index is 0.0139. The molecule has 0 aliphatic heterocycles. The molecule has 1 rings (SSSR count). The van der Waals surface area contributed by atoms with E-state index in [1.165, 1.54) is 32.1 Å².